The maximum Gasteiger partial charge on any atom is 0.408 e. The number of nitrogens with zero attached hydrogens (tertiary/aromatic N) is 2. The van der Waals surface area contributed by atoms with Gasteiger partial charge in [-0.2, -0.15) is 5.26 Å². The molecule has 0 aliphatic rings. The van der Waals surface area contributed by atoms with E-state index in [-0.39, 0.29) is 5.91 Å². The summed E-state index contributed by atoms with van der Waals surface area (Å²) in [4.78, 5) is 28.7. The van der Waals surface area contributed by atoms with E-state index in [1.165, 1.54) is 6.20 Å². The van der Waals surface area contributed by atoms with E-state index in [0.717, 1.165) is 5.57 Å². The Labute approximate surface area is 188 Å². The van der Waals surface area contributed by atoms with Gasteiger partial charge in [0.2, 0.25) is 11.8 Å². The summed E-state index contributed by atoms with van der Waals surface area (Å²) in [5.41, 5.74) is 1.77. The van der Waals surface area contributed by atoms with Crippen LogP contribution in [0.4, 0.5) is 10.5 Å². The van der Waals surface area contributed by atoms with Gasteiger partial charge < -0.3 is 20.1 Å². The van der Waals surface area contributed by atoms with Crippen LogP contribution in [0, 0.1) is 11.3 Å². The molecule has 32 heavy (non-hydrogen) atoms. The predicted molar refractivity (Wildman–Crippen MR) is 122 cm³/mol. The first-order chi connectivity index (χ1) is 15.0. The average molecular weight is 437 g/mol. The van der Waals surface area contributed by atoms with E-state index in [9.17, 15) is 14.9 Å². The minimum Gasteiger partial charge on any atom is -0.444 e. The summed E-state index contributed by atoms with van der Waals surface area (Å²) < 4.78 is 10.9. The molecule has 2 amide bonds. The predicted octanol–water partition coefficient (Wildman–Crippen LogP) is 5.02. The third-order valence-electron chi connectivity index (χ3n) is 4.21. The molecule has 0 radical (unpaired) electrons. The van der Waals surface area contributed by atoms with E-state index in [1.54, 1.807) is 58.0 Å². The zero-order valence-electron chi connectivity index (χ0n) is 19.0. The number of anilines is 1. The largest absolute Gasteiger partial charge is 0.444 e. The van der Waals surface area contributed by atoms with Crippen molar-refractivity contribution in [2.24, 2.45) is 0 Å². The molecule has 1 atom stereocenters. The highest BCUT2D eigenvalue weighted by Crippen LogP contribution is 2.26. The number of carbonyl (C=O) groups is 2. The molecule has 2 aromatic rings. The van der Waals surface area contributed by atoms with Gasteiger partial charge in [-0.1, -0.05) is 13.5 Å². The van der Waals surface area contributed by atoms with Gasteiger partial charge in [0.15, 0.2) is 0 Å². The molecule has 2 N–H and O–H groups in total. The monoisotopic (exact) mass is 436 g/mol. The summed E-state index contributed by atoms with van der Waals surface area (Å²) in [6, 6.07) is 9.69. The first kappa shape index (κ1) is 24.4. The minimum atomic E-state index is -0.750. The van der Waals surface area contributed by atoms with E-state index in [0.29, 0.717) is 34.9 Å². The highest BCUT2D eigenvalue weighted by molar-refractivity contribution is 5.96. The lowest BCUT2D eigenvalue weighted by Crippen LogP contribution is -2.45. The lowest BCUT2D eigenvalue weighted by molar-refractivity contribution is -0.118. The smallest absolute Gasteiger partial charge is 0.408 e. The van der Waals surface area contributed by atoms with Crippen LogP contribution in [0.3, 0.4) is 0 Å². The number of amides is 2. The molecule has 1 unspecified atom stereocenters. The van der Waals surface area contributed by atoms with Gasteiger partial charge in [-0.3, -0.25) is 4.79 Å². The Hall–Kier alpha value is -3.86. The normalized spacial score (nSPS) is 11.6. The minimum absolute atomic E-state index is 0.319. The first-order valence-corrected chi connectivity index (χ1v) is 10.2. The summed E-state index contributed by atoms with van der Waals surface area (Å²) in [6.07, 6.45) is 1.19. The Balaban J connectivity index is 2.02. The van der Waals surface area contributed by atoms with Gasteiger partial charge in [-0.15, -0.1) is 0 Å². The molecule has 0 spiro atoms. The van der Waals surface area contributed by atoms with Gasteiger partial charge >= 0.3 is 6.09 Å². The second-order valence-corrected chi connectivity index (χ2v) is 8.18. The lowest BCUT2D eigenvalue weighted by Gasteiger charge is -2.22. The number of ether oxygens (including phenoxy) is 2. The zero-order chi connectivity index (χ0) is 23.9. The fraction of sp³-hybridized carbons (Fsp3) is 0.333. The third kappa shape index (κ3) is 7.13. The molecular weight excluding hydrogens is 408 g/mol. The Kier molecular flexibility index (Phi) is 7.97. The molecule has 1 aromatic heterocycles. The number of carbonyl (C=O) groups excluding carboxylic acids is 2. The number of allylic oxidation sites excluding steroid dienone is 1. The molecule has 1 heterocycles. The van der Waals surface area contributed by atoms with Crippen molar-refractivity contribution in [2.45, 2.75) is 52.7 Å². The van der Waals surface area contributed by atoms with Gasteiger partial charge in [-0.05, 0) is 69.5 Å². The van der Waals surface area contributed by atoms with Gasteiger partial charge in [0.25, 0.3) is 0 Å². The van der Waals surface area contributed by atoms with E-state index < -0.39 is 17.7 Å². The van der Waals surface area contributed by atoms with Crippen molar-refractivity contribution in [3.63, 3.8) is 0 Å². The van der Waals surface area contributed by atoms with Gasteiger partial charge in [0, 0.05) is 6.07 Å². The summed E-state index contributed by atoms with van der Waals surface area (Å²) in [5, 5.41) is 14.5. The quantitative estimate of drug-likeness (QED) is 0.630. The number of aromatic nitrogens is 1. The zero-order valence-corrected chi connectivity index (χ0v) is 19.0. The number of nitrogens with one attached hydrogen (secondary N) is 2. The third-order valence-corrected chi connectivity index (χ3v) is 4.21. The molecule has 0 aliphatic heterocycles. The van der Waals surface area contributed by atoms with Crippen molar-refractivity contribution in [2.75, 3.05) is 5.32 Å². The second-order valence-electron chi connectivity index (χ2n) is 8.18. The van der Waals surface area contributed by atoms with Gasteiger partial charge in [0.05, 0.1) is 23.5 Å². The van der Waals surface area contributed by atoms with Crippen LogP contribution >= 0.6 is 0 Å². The average Bonchev–Trinajstić information content (AvgIpc) is 2.72. The molecule has 0 aliphatic carbocycles. The lowest BCUT2D eigenvalue weighted by atomic mass is 10.0. The summed E-state index contributed by atoms with van der Waals surface area (Å²) in [6.45, 7) is 12.7. The molecule has 1 aromatic carbocycles. The number of pyridine rings is 1. The van der Waals surface area contributed by atoms with E-state index in [1.807, 2.05) is 6.92 Å². The van der Waals surface area contributed by atoms with Gasteiger partial charge in [-0.25, -0.2) is 9.78 Å². The van der Waals surface area contributed by atoms with Gasteiger partial charge in [0.1, 0.15) is 17.4 Å². The van der Waals surface area contributed by atoms with E-state index >= 15 is 0 Å². The summed E-state index contributed by atoms with van der Waals surface area (Å²) >= 11 is 0. The molecule has 0 bridgehead atoms. The number of rotatable bonds is 7. The Bertz CT molecular complexity index is 1030. The maximum atomic E-state index is 12.5. The highest BCUT2D eigenvalue weighted by Gasteiger charge is 2.23. The second kappa shape index (κ2) is 10.4. The molecule has 168 valence electrons. The molecule has 8 heteroatoms. The number of hydrogen-bond donors (Lipinski definition) is 2. The molecule has 0 saturated carbocycles. The summed E-state index contributed by atoms with van der Waals surface area (Å²) in [5.74, 6) is 0.449. The molecule has 2 rings (SSSR count). The van der Waals surface area contributed by atoms with Crippen LogP contribution in [-0.2, 0) is 9.53 Å². The van der Waals surface area contributed by atoms with Crippen molar-refractivity contribution in [1.29, 1.82) is 5.26 Å². The van der Waals surface area contributed by atoms with Crippen LogP contribution in [-0.4, -0.2) is 28.6 Å². The fourth-order valence-electron chi connectivity index (χ4n) is 2.70. The Morgan fingerprint density at radius 2 is 1.97 bits per heavy atom. The number of alkyl carbamates (subject to hydrolysis) is 1. The Morgan fingerprint density at radius 3 is 2.50 bits per heavy atom. The van der Waals surface area contributed by atoms with Crippen molar-refractivity contribution >= 4 is 23.3 Å². The van der Waals surface area contributed by atoms with Crippen LogP contribution < -0.4 is 15.4 Å². The highest BCUT2D eigenvalue weighted by atomic mass is 16.6. The van der Waals surface area contributed by atoms with E-state index in [2.05, 4.69) is 28.3 Å². The standard InChI is InChI=1S/C24H28N4O4/c1-7-20(28-23(30)32-24(4,5)6)22(29)27-17-9-11-21(26-14-17)31-18-10-8-16(13-25)19(12-18)15(2)3/h8-12,14,20H,2,7H2,1,3-6H3,(H,27,29)(H,28,30). The van der Waals surface area contributed by atoms with Crippen LogP contribution in [0.25, 0.3) is 5.57 Å². The SMILES string of the molecule is C=C(C)c1cc(Oc2ccc(NC(=O)C(CC)NC(=O)OC(C)(C)C)cn2)ccc1C#N. The number of nitriles is 1. The van der Waals surface area contributed by atoms with Crippen LogP contribution in [0.2, 0.25) is 0 Å². The van der Waals surface area contributed by atoms with E-state index in [4.69, 9.17) is 9.47 Å². The molecule has 8 nitrogen and oxygen atoms in total. The fourth-order valence-corrected chi connectivity index (χ4v) is 2.70. The van der Waals surface area contributed by atoms with Crippen LogP contribution in [0.5, 0.6) is 11.6 Å². The van der Waals surface area contributed by atoms with Crippen LogP contribution in [0.1, 0.15) is 52.2 Å². The van der Waals surface area contributed by atoms with Crippen molar-refractivity contribution in [1.82, 2.24) is 10.3 Å². The number of benzene rings is 1. The molecular formula is C24H28N4O4. The molecule has 0 saturated heterocycles. The Morgan fingerprint density at radius 1 is 1.25 bits per heavy atom. The number of hydrogen-bond acceptors (Lipinski definition) is 6. The maximum absolute atomic E-state index is 12.5. The van der Waals surface area contributed by atoms with Crippen molar-refractivity contribution in [3.05, 3.63) is 54.2 Å². The van der Waals surface area contributed by atoms with Crippen molar-refractivity contribution in [3.8, 4) is 17.7 Å². The summed E-state index contributed by atoms with van der Waals surface area (Å²) in [7, 11) is 0. The first-order valence-electron chi connectivity index (χ1n) is 10.2. The van der Waals surface area contributed by atoms with Crippen molar-refractivity contribution < 1.29 is 19.1 Å². The van der Waals surface area contributed by atoms with Crippen LogP contribution in [0.15, 0.2) is 43.1 Å². The molecule has 0 fully saturated rings. The topological polar surface area (TPSA) is 113 Å².